The van der Waals surface area contributed by atoms with Gasteiger partial charge in [0.05, 0.1) is 19.3 Å². The zero-order valence-corrected chi connectivity index (χ0v) is 15.7. The summed E-state index contributed by atoms with van der Waals surface area (Å²) in [6.07, 6.45) is 3.79. The lowest BCUT2D eigenvalue weighted by Gasteiger charge is -2.14. The summed E-state index contributed by atoms with van der Waals surface area (Å²) in [5.41, 5.74) is 8.53. The minimum atomic E-state index is -0.524. The monoisotopic (exact) mass is 374 g/mol. The standard InChI is InChI=1S/C19H22N2O4S/c1-10-7-8-11(13(9-22)16(10)25-2)18(24)21-19-15(17(20)23)12-5-3-4-6-14(12)26-19/h7-8,22H,3-6,9H2,1-2H3,(H2,20,23)(H,21,24). The molecule has 4 N–H and O–H groups in total. The SMILES string of the molecule is COc1c(C)ccc(C(=O)Nc2sc3c(c2C(N)=O)CCCC3)c1CO. The highest BCUT2D eigenvalue weighted by Gasteiger charge is 2.26. The normalized spacial score (nSPS) is 13.2. The van der Waals surface area contributed by atoms with Gasteiger partial charge in [-0.3, -0.25) is 9.59 Å². The van der Waals surface area contributed by atoms with E-state index in [0.29, 0.717) is 27.4 Å². The summed E-state index contributed by atoms with van der Waals surface area (Å²) in [5, 5.41) is 13.0. The average Bonchev–Trinajstić information content (AvgIpc) is 2.98. The van der Waals surface area contributed by atoms with Gasteiger partial charge >= 0.3 is 0 Å². The molecule has 1 aliphatic carbocycles. The third kappa shape index (κ3) is 3.20. The Morgan fingerprint density at radius 1 is 1.31 bits per heavy atom. The topological polar surface area (TPSA) is 102 Å². The number of ether oxygens (including phenoxy) is 1. The number of methoxy groups -OCH3 is 1. The number of benzene rings is 1. The first kappa shape index (κ1) is 18.4. The quantitative estimate of drug-likeness (QED) is 0.749. The maximum atomic E-state index is 12.8. The summed E-state index contributed by atoms with van der Waals surface area (Å²) < 4.78 is 5.32. The highest BCUT2D eigenvalue weighted by atomic mass is 32.1. The highest BCUT2D eigenvalue weighted by Crippen LogP contribution is 2.38. The van der Waals surface area contributed by atoms with Crippen LogP contribution in [0.5, 0.6) is 5.75 Å². The number of anilines is 1. The van der Waals surface area contributed by atoms with Gasteiger partial charge in [-0.2, -0.15) is 0 Å². The summed E-state index contributed by atoms with van der Waals surface area (Å²) in [5.74, 6) is -0.433. The number of aryl methyl sites for hydroxylation is 2. The summed E-state index contributed by atoms with van der Waals surface area (Å²) in [4.78, 5) is 25.9. The zero-order chi connectivity index (χ0) is 18.8. The average molecular weight is 374 g/mol. The third-order valence-electron chi connectivity index (χ3n) is 4.71. The minimum Gasteiger partial charge on any atom is -0.496 e. The third-order valence-corrected chi connectivity index (χ3v) is 5.92. The first-order chi connectivity index (χ1) is 12.5. The maximum absolute atomic E-state index is 12.8. The number of amides is 2. The van der Waals surface area contributed by atoms with Crippen molar-refractivity contribution in [2.24, 2.45) is 5.73 Å². The van der Waals surface area contributed by atoms with E-state index in [9.17, 15) is 14.7 Å². The Morgan fingerprint density at radius 2 is 2.04 bits per heavy atom. The molecule has 2 amide bonds. The molecule has 0 spiro atoms. The van der Waals surface area contributed by atoms with E-state index < -0.39 is 11.8 Å². The van der Waals surface area contributed by atoms with E-state index in [4.69, 9.17) is 10.5 Å². The van der Waals surface area contributed by atoms with Gasteiger partial charge in [-0.25, -0.2) is 0 Å². The van der Waals surface area contributed by atoms with Crippen molar-refractivity contribution in [2.45, 2.75) is 39.2 Å². The van der Waals surface area contributed by atoms with E-state index >= 15 is 0 Å². The molecule has 1 aliphatic rings. The van der Waals surface area contributed by atoms with E-state index in [1.165, 1.54) is 18.4 Å². The van der Waals surface area contributed by atoms with Crippen molar-refractivity contribution in [2.75, 3.05) is 12.4 Å². The van der Waals surface area contributed by atoms with Crippen LogP contribution in [0.3, 0.4) is 0 Å². The van der Waals surface area contributed by atoms with E-state index in [1.54, 1.807) is 12.1 Å². The number of aliphatic hydroxyl groups excluding tert-OH is 1. The van der Waals surface area contributed by atoms with Gasteiger partial charge in [0.25, 0.3) is 11.8 Å². The van der Waals surface area contributed by atoms with Crippen molar-refractivity contribution in [3.8, 4) is 5.75 Å². The number of primary amides is 1. The number of carbonyl (C=O) groups excluding carboxylic acids is 2. The smallest absolute Gasteiger partial charge is 0.256 e. The second kappa shape index (κ2) is 7.47. The van der Waals surface area contributed by atoms with Crippen LogP contribution in [0.1, 0.15) is 55.1 Å². The molecule has 0 radical (unpaired) electrons. The molecule has 0 fully saturated rings. The van der Waals surface area contributed by atoms with Crippen molar-refractivity contribution in [3.05, 3.63) is 44.8 Å². The number of thiophene rings is 1. The number of carbonyl (C=O) groups is 2. The maximum Gasteiger partial charge on any atom is 0.256 e. The van der Waals surface area contributed by atoms with Crippen LogP contribution in [0, 0.1) is 6.92 Å². The number of aliphatic hydroxyl groups is 1. The second-order valence-electron chi connectivity index (χ2n) is 6.33. The number of nitrogens with one attached hydrogen (secondary N) is 1. The molecule has 3 rings (SSSR count). The van der Waals surface area contributed by atoms with Crippen LogP contribution < -0.4 is 15.8 Å². The van der Waals surface area contributed by atoms with E-state index in [-0.39, 0.29) is 6.61 Å². The fourth-order valence-electron chi connectivity index (χ4n) is 3.48. The molecular formula is C19H22N2O4S. The van der Waals surface area contributed by atoms with Gasteiger partial charge in [0.15, 0.2) is 0 Å². The Balaban J connectivity index is 1.99. The van der Waals surface area contributed by atoms with Crippen LogP contribution in [0.4, 0.5) is 5.00 Å². The number of nitrogens with two attached hydrogens (primary N) is 1. The number of hydrogen-bond acceptors (Lipinski definition) is 5. The lowest BCUT2D eigenvalue weighted by Crippen LogP contribution is -2.19. The molecule has 1 heterocycles. The zero-order valence-electron chi connectivity index (χ0n) is 14.8. The van der Waals surface area contributed by atoms with Gasteiger partial charge in [0.2, 0.25) is 0 Å². The van der Waals surface area contributed by atoms with Crippen molar-refractivity contribution in [1.82, 2.24) is 0 Å². The Labute approximate surface area is 156 Å². The first-order valence-corrected chi connectivity index (χ1v) is 9.32. The Hall–Kier alpha value is -2.38. The summed E-state index contributed by atoms with van der Waals surface area (Å²) in [6.45, 7) is 1.52. The molecule has 1 aromatic carbocycles. The van der Waals surface area contributed by atoms with Crippen molar-refractivity contribution < 1.29 is 19.4 Å². The van der Waals surface area contributed by atoms with Gasteiger partial charge in [0, 0.05) is 16.0 Å². The molecule has 0 atom stereocenters. The molecule has 1 aromatic heterocycles. The molecule has 138 valence electrons. The first-order valence-electron chi connectivity index (χ1n) is 8.51. The largest absolute Gasteiger partial charge is 0.496 e. The predicted octanol–water partition coefficient (Wildman–Crippen LogP) is 2.79. The van der Waals surface area contributed by atoms with Gasteiger partial charge in [-0.05, 0) is 49.8 Å². The predicted molar refractivity (Wildman–Crippen MR) is 101 cm³/mol. The molecular weight excluding hydrogens is 352 g/mol. The molecule has 0 bridgehead atoms. The number of rotatable bonds is 5. The number of fused-ring (bicyclic) bond motifs is 1. The summed E-state index contributed by atoms with van der Waals surface area (Å²) in [7, 11) is 1.50. The van der Waals surface area contributed by atoms with Crippen LogP contribution in [-0.2, 0) is 19.4 Å². The van der Waals surface area contributed by atoms with Crippen LogP contribution in [-0.4, -0.2) is 24.0 Å². The summed E-state index contributed by atoms with van der Waals surface area (Å²) in [6, 6.07) is 3.41. The molecule has 0 unspecified atom stereocenters. The number of hydrogen-bond donors (Lipinski definition) is 3. The molecule has 0 saturated carbocycles. The molecule has 6 nitrogen and oxygen atoms in total. The van der Waals surface area contributed by atoms with E-state index in [1.807, 2.05) is 6.92 Å². The van der Waals surface area contributed by atoms with Crippen LogP contribution in [0.15, 0.2) is 12.1 Å². The molecule has 26 heavy (non-hydrogen) atoms. The van der Waals surface area contributed by atoms with Gasteiger partial charge in [-0.15, -0.1) is 11.3 Å². The molecule has 2 aromatic rings. The van der Waals surface area contributed by atoms with Crippen molar-refractivity contribution in [3.63, 3.8) is 0 Å². The van der Waals surface area contributed by atoms with Gasteiger partial charge in [-0.1, -0.05) is 6.07 Å². The van der Waals surface area contributed by atoms with Crippen LogP contribution >= 0.6 is 11.3 Å². The minimum absolute atomic E-state index is 0.316. The lowest BCUT2D eigenvalue weighted by atomic mass is 9.95. The lowest BCUT2D eigenvalue weighted by molar-refractivity contribution is 0.100. The van der Waals surface area contributed by atoms with Gasteiger partial charge in [0.1, 0.15) is 10.8 Å². The van der Waals surface area contributed by atoms with Crippen molar-refractivity contribution >= 4 is 28.2 Å². The second-order valence-corrected chi connectivity index (χ2v) is 7.44. The molecule has 0 saturated heterocycles. The fourth-order valence-corrected chi connectivity index (χ4v) is 4.77. The van der Waals surface area contributed by atoms with Gasteiger partial charge < -0.3 is 20.9 Å². The molecule has 0 aliphatic heterocycles. The summed E-state index contributed by atoms with van der Waals surface area (Å²) >= 11 is 1.41. The molecule has 7 heteroatoms. The Morgan fingerprint density at radius 3 is 2.69 bits per heavy atom. The highest BCUT2D eigenvalue weighted by molar-refractivity contribution is 7.17. The fraction of sp³-hybridized carbons (Fsp3) is 0.368. The Bertz CT molecular complexity index is 873. The van der Waals surface area contributed by atoms with Crippen molar-refractivity contribution in [1.29, 1.82) is 0 Å². The van der Waals surface area contributed by atoms with E-state index in [2.05, 4.69) is 5.32 Å². The van der Waals surface area contributed by atoms with Crippen LogP contribution in [0.25, 0.3) is 0 Å². The Kier molecular flexibility index (Phi) is 5.29. The van der Waals surface area contributed by atoms with E-state index in [0.717, 1.165) is 41.7 Å². The van der Waals surface area contributed by atoms with Crippen LogP contribution in [0.2, 0.25) is 0 Å².